The fourth-order valence-electron chi connectivity index (χ4n) is 4.06. The van der Waals surface area contributed by atoms with E-state index in [1.54, 1.807) is 12.3 Å². The number of amidine groups is 1. The Morgan fingerprint density at radius 3 is 2.80 bits per heavy atom. The third kappa shape index (κ3) is 5.34. The summed E-state index contributed by atoms with van der Waals surface area (Å²) in [6, 6.07) is 1.06. The number of thiazole rings is 1. The molecule has 0 unspecified atom stereocenters. The normalized spacial score (nSPS) is 22.0. The van der Waals surface area contributed by atoms with Crippen LogP contribution in [0.3, 0.4) is 0 Å². The van der Waals surface area contributed by atoms with E-state index in [1.165, 1.54) is 23.6 Å². The van der Waals surface area contributed by atoms with Crippen molar-refractivity contribution in [3.63, 3.8) is 0 Å². The summed E-state index contributed by atoms with van der Waals surface area (Å²) in [5.41, 5.74) is 0.365. The van der Waals surface area contributed by atoms with Crippen LogP contribution < -0.4 is 5.32 Å². The molecule has 0 bridgehead atoms. The molecule has 13 heteroatoms. The van der Waals surface area contributed by atoms with E-state index in [-0.39, 0.29) is 40.8 Å². The lowest BCUT2D eigenvalue weighted by atomic mass is 9.95. The fraction of sp³-hybridized carbons (Fsp3) is 0.364. The second-order valence-corrected chi connectivity index (χ2v) is 9.24. The Morgan fingerprint density at radius 1 is 1.40 bits per heavy atom. The Hall–Kier alpha value is -2.96. The van der Waals surface area contributed by atoms with Crippen molar-refractivity contribution < 1.29 is 32.6 Å². The number of carbonyl (C=O) groups is 2. The van der Waals surface area contributed by atoms with E-state index >= 15 is 0 Å². The Bertz CT molecular complexity index is 1210. The summed E-state index contributed by atoms with van der Waals surface area (Å²) in [6.07, 6.45) is 0.681. The highest BCUT2D eigenvalue weighted by Crippen LogP contribution is 2.38. The van der Waals surface area contributed by atoms with Crippen molar-refractivity contribution in [1.82, 2.24) is 15.2 Å². The number of halogens is 4. The van der Waals surface area contributed by atoms with Gasteiger partial charge in [-0.3, -0.25) is 14.7 Å². The molecular formula is C22H20ClF3N4O4S. The average molecular weight is 529 g/mol. The van der Waals surface area contributed by atoms with Crippen molar-refractivity contribution in [3.05, 3.63) is 62.5 Å². The quantitative estimate of drug-likeness (QED) is 0.529. The lowest BCUT2D eigenvalue weighted by Crippen LogP contribution is -2.43. The van der Waals surface area contributed by atoms with Crippen molar-refractivity contribution in [1.29, 1.82) is 0 Å². The largest absolute Gasteiger partial charge is 0.480 e. The van der Waals surface area contributed by atoms with Crippen molar-refractivity contribution in [2.45, 2.75) is 31.4 Å². The molecule has 2 aliphatic heterocycles. The highest BCUT2D eigenvalue weighted by atomic mass is 35.5. The molecule has 4 rings (SSSR count). The number of nitrogens with zero attached hydrogens (tertiary/aromatic N) is 3. The maximum absolute atomic E-state index is 14.1. The van der Waals surface area contributed by atoms with Crippen LogP contribution in [0.1, 0.15) is 30.0 Å². The first kappa shape index (κ1) is 25.1. The van der Waals surface area contributed by atoms with Gasteiger partial charge in [0.25, 0.3) is 5.92 Å². The molecule has 3 heterocycles. The lowest BCUT2D eigenvalue weighted by molar-refractivity contribution is -0.142. The molecule has 1 aromatic heterocycles. The van der Waals surface area contributed by atoms with Gasteiger partial charge in [0.05, 0.1) is 18.7 Å². The third-order valence-corrected chi connectivity index (χ3v) is 6.63. The smallest absolute Gasteiger partial charge is 0.338 e. The Labute approximate surface area is 207 Å². The standard InChI is InChI=1S/C22H20ClF3N4O4S/c1-2-34-21(33)16-14(9-30-10-22(25,26)8-15(30)20(31)32)28-18(19-27-5-6-35-19)29-17(16)12-4-3-11(24)7-13(12)23/h3-7,15,17H,2,8-10H2,1H3,(H,28,29)(H,31,32)/t15-,17-/m0/s1. The first-order valence-electron chi connectivity index (χ1n) is 10.5. The predicted molar refractivity (Wildman–Crippen MR) is 122 cm³/mol. The van der Waals surface area contributed by atoms with Crippen LogP contribution in [-0.2, 0) is 14.3 Å². The molecule has 2 atom stereocenters. The van der Waals surface area contributed by atoms with Crippen molar-refractivity contribution in [3.8, 4) is 0 Å². The van der Waals surface area contributed by atoms with Gasteiger partial charge in [-0.2, -0.15) is 0 Å². The molecule has 8 nitrogen and oxygen atoms in total. The molecule has 1 aromatic carbocycles. The number of aliphatic imine (C=N–C) groups is 1. The molecule has 2 aromatic rings. The topological polar surface area (TPSA) is 104 Å². The molecular weight excluding hydrogens is 509 g/mol. The Kier molecular flexibility index (Phi) is 7.15. The average Bonchev–Trinajstić information content (AvgIpc) is 3.41. The first-order valence-corrected chi connectivity index (χ1v) is 11.8. The van der Waals surface area contributed by atoms with Gasteiger partial charge in [-0.25, -0.2) is 22.9 Å². The summed E-state index contributed by atoms with van der Waals surface area (Å²) in [4.78, 5) is 34.6. The highest BCUT2D eigenvalue weighted by molar-refractivity contribution is 7.11. The number of carboxylic acid groups (broad SMARTS) is 1. The number of rotatable bonds is 7. The van der Waals surface area contributed by atoms with Crippen LogP contribution in [0, 0.1) is 5.82 Å². The third-order valence-electron chi connectivity index (χ3n) is 5.53. The van der Waals surface area contributed by atoms with Crippen LogP contribution in [0.4, 0.5) is 13.2 Å². The summed E-state index contributed by atoms with van der Waals surface area (Å²) in [7, 11) is 0. The number of nitrogens with one attached hydrogen (secondary N) is 1. The molecule has 0 amide bonds. The molecule has 1 saturated heterocycles. The summed E-state index contributed by atoms with van der Waals surface area (Å²) >= 11 is 7.54. The van der Waals surface area contributed by atoms with Gasteiger partial charge >= 0.3 is 11.9 Å². The van der Waals surface area contributed by atoms with Crippen LogP contribution in [-0.4, -0.2) is 64.4 Å². The summed E-state index contributed by atoms with van der Waals surface area (Å²) in [5.74, 6) is -5.77. The van der Waals surface area contributed by atoms with Crippen LogP contribution in [0.15, 0.2) is 46.0 Å². The van der Waals surface area contributed by atoms with Gasteiger partial charge < -0.3 is 15.2 Å². The molecule has 35 heavy (non-hydrogen) atoms. The van der Waals surface area contributed by atoms with E-state index in [9.17, 15) is 27.9 Å². The van der Waals surface area contributed by atoms with Crippen molar-refractivity contribution in [2.75, 3.05) is 19.7 Å². The molecule has 0 spiro atoms. The zero-order valence-corrected chi connectivity index (χ0v) is 19.9. The maximum Gasteiger partial charge on any atom is 0.338 e. The van der Waals surface area contributed by atoms with E-state index in [4.69, 9.17) is 16.3 Å². The van der Waals surface area contributed by atoms with Gasteiger partial charge in [0.1, 0.15) is 17.9 Å². The first-order chi connectivity index (χ1) is 16.6. The van der Waals surface area contributed by atoms with E-state index in [1.807, 2.05) is 0 Å². The number of benzene rings is 1. The zero-order chi connectivity index (χ0) is 25.3. The second kappa shape index (κ2) is 9.96. The number of hydrogen-bond donors (Lipinski definition) is 2. The molecule has 2 N–H and O–H groups in total. The molecule has 0 saturated carbocycles. The van der Waals surface area contributed by atoms with Crippen molar-refractivity contribution in [2.24, 2.45) is 4.99 Å². The van der Waals surface area contributed by atoms with Gasteiger partial charge in [-0.1, -0.05) is 17.7 Å². The molecule has 0 radical (unpaired) electrons. The predicted octanol–water partition coefficient (Wildman–Crippen LogP) is 3.64. The number of aromatic nitrogens is 1. The number of carboxylic acids is 1. The number of aliphatic carboxylic acids is 1. The van der Waals surface area contributed by atoms with Gasteiger partial charge in [0, 0.05) is 40.8 Å². The minimum Gasteiger partial charge on any atom is -0.480 e. The number of hydrogen-bond acceptors (Lipinski definition) is 8. The van der Waals surface area contributed by atoms with Crippen LogP contribution in [0.5, 0.6) is 0 Å². The van der Waals surface area contributed by atoms with Gasteiger partial charge in [-0.15, -0.1) is 11.3 Å². The summed E-state index contributed by atoms with van der Waals surface area (Å²) in [5, 5.41) is 14.6. The molecule has 0 aliphatic carbocycles. The monoisotopic (exact) mass is 528 g/mol. The van der Waals surface area contributed by atoms with Gasteiger partial charge in [0.15, 0.2) is 10.8 Å². The lowest BCUT2D eigenvalue weighted by Gasteiger charge is -2.30. The molecule has 2 aliphatic rings. The van der Waals surface area contributed by atoms with Crippen molar-refractivity contribution >= 4 is 40.7 Å². The number of esters is 1. The van der Waals surface area contributed by atoms with Crippen LogP contribution in [0.2, 0.25) is 5.02 Å². The minimum absolute atomic E-state index is 0.00333. The van der Waals surface area contributed by atoms with Gasteiger partial charge in [-0.05, 0) is 19.1 Å². The SMILES string of the molecule is CCOC(=O)C1=C(CN2CC(F)(F)C[C@H]2C(=O)O)NC(c2nccs2)=N[C@H]1c1ccc(F)cc1Cl. The minimum atomic E-state index is -3.21. The van der Waals surface area contributed by atoms with E-state index in [0.29, 0.717) is 5.01 Å². The summed E-state index contributed by atoms with van der Waals surface area (Å²) < 4.78 is 47.3. The summed E-state index contributed by atoms with van der Waals surface area (Å²) in [6.45, 7) is 0.472. The number of alkyl halides is 2. The van der Waals surface area contributed by atoms with E-state index < -0.39 is 48.7 Å². The number of ether oxygens (including phenoxy) is 1. The second-order valence-electron chi connectivity index (χ2n) is 7.94. The molecule has 1 fully saturated rings. The van der Waals surface area contributed by atoms with E-state index in [2.05, 4.69) is 15.3 Å². The van der Waals surface area contributed by atoms with Gasteiger partial charge in [0.2, 0.25) is 0 Å². The maximum atomic E-state index is 14.1. The fourth-order valence-corrected chi connectivity index (χ4v) is 4.92. The zero-order valence-electron chi connectivity index (χ0n) is 18.3. The Balaban J connectivity index is 1.84. The Morgan fingerprint density at radius 2 is 2.17 bits per heavy atom. The molecule has 186 valence electrons. The van der Waals surface area contributed by atoms with Crippen LogP contribution >= 0.6 is 22.9 Å². The van der Waals surface area contributed by atoms with E-state index in [0.717, 1.165) is 17.0 Å². The highest BCUT2D eigenvalue weighted by Gasteiger charge is 2.49. The number of carbonyl (C=O) groups excluding carboxylic acids is 1. The number of likely N-dealkylation sites (tertiary alicyclic amines) is 1. The van der Waals surface area contributed by atoms with Crippen LogP contribution in [0.25, 0.3) is 0 Å².